The lowest BCUT2D eigenvalue weighted by Gasteiger charge is -2.09. The Labute approximate surface area is 90.1 Å². The van der Waals surface area contributed by atoms with E-state index in [-0.39, 0.29) is 12.5 Å². The second kappa shape index (κ2) is 4.94. The fraction of sp³-hybridized carbons (Fsp3) is 0.417. The number of carbonyl (C=O) groups excluding carboxylic acids is 1. The molecule has 0 aliphatic heterocycles. The molecule has 0 aromatic heterocycles. The maximum atomic E-state index is 11.7. The standard InChI is InChI=1S/C12H17NO2/c1-8-4-5-11(9(2)6-8)12(15)13-7-10(3)14/h4-6,10,14H,7H2,1-3H3,(H,13,15)/t10-/m1/s1. The van der Waals surface area contributed by atoms with Crippen LogP contribution in [-0.4, -0.2) is 23.7 Å². The van der Waals surface area contributed by atoms with Gasteiger partial charge in [0.15, 0.2) is 0 Å². The number of amides is 1. The van der Waals surface area contributed by atoms with Crippen molar-refractivity contribution < 1.29 is 9.90 Å². The first-order valence-electron chi connectivity index (χ1n) is 5.04. The Bertz CT molecular complexity index is 359. The minimum atomic E-state index is -0.514. The predicted octanol–water partition coefficient (Wildman–Crippen LogP) is 1.41. The second-order valence-corrected chi connectivity index (χ2v) is 3.88. The molecule has 1 atom stereocenters. The first kappa shape index (κ1) is 11.7. The van der Waals surface area contributed by atoms with Crippen molar-refractivity contribution in [3.05, 3.63) is 34.9 Å². The number of hydrogen-bond acceptors (Lipinski definition) is 2. The highest BCUT2D eigenvalue weighted by molar-refractivity contribution is 5.95. The van der Waals surface area contributed by atoms with Gasteiger partial charge in [-0.25, -0.2) is 0 Å². The number of aryl methyl sites for hydroxylation is 2. The lowest BCUT2D eigenvalue weighted by atomic mass is 10.1. The molecule has 0 unspecified atom stereocenters. The molecule has 0 saturated heterocycles. The third-order valence-corrected chi connectivity index (χ3v) is 2.18. The third kappa shape index (κ3) is 3.36. The predicted molar refractivity (Wildman–Crippen MR) is 59.9 cm³/mol. The molecular formula is C12H17NO2. The van der Waals surface area contributed by atoms with E-state index in [1.807, 2.05) is 32.0 Å². The van der Waals surface area contributed by atoms with Crippen molar-refractivity contribution in [2.24, 2.45) is 0 Å². The zero-order valence-corrected chi connectivity index (χ0v) is 9.37. The number of aliphatic hydroxyl groups excluding tert-OH is 1. The summed E-state index contributed by atoms with van der Waals surface area (Å²) in [7, 11) is 0. The smallest absolute Gasteiger partial charge is 0.251 e. The molecule has 1 aromatic rings. The van der Waals surface area contributed by atoms with Crippen LogP contribution < -0.4 is 5.32 Å². The van der Waals surface area contributed by atoms with Gasteiger partial charge in [-0.2, -0.15) is 0 Å². The molecule has 1 amide bonds. The summed E-state index contributed by atoms with van der Waals surface area (Å²) in [6.07, 6.45) is -0.514. The largest absolute Gasteiger partial charge is 0.392 e. The number of hydrogen-bond donors (Lipinski definition) is 2. The fourth-order valence-electron chi connectivity index (χ4n) is 1.40. The van der Waals surface area contributed by atoms with Crippen LogP contribution in [0.2, 0.25) is 0 Å². The highest BCUT2D eigenvalue weighted by atomic mass is 16.3. The van der Waals surface area contributed by atoms with E-state index in [0.29, 0.717) is 5.56 Å². The summed E-state index contributed by atoms with van der Waals surface area (Å²) in [6.45, 7) is 5.82. The Morgan fingerprint density at radius 2 is 2.13 bits per heavy atom. The fourth-order valence-corrected chi connectivity index (χ4v) is 1.40. The molecule has 0 fully saturated rings. The molecule has 2 N–H and O–H groups in total. The van der Waals surface area contributed by atoms with Crippen molar-refractivity contribution in [2.75, 3.05) is 6.54 Å². The first-order valence-corrected chi connectivity index (χ1v) is 5.04. The van der Waals surface area contributed by atoms with E-state index in [2.05, 4.69) is 5.32 Å². The van der Waals surface area contributed by atoms with Gasteiger partial charge in [0, 0.05) is 12.1 Å². The maximum absolute atomic E-state index is 11.7. The van der Waals surface area contributed by atoms with Crippen LogP contribution in [-0.2, 0) is 0 Å². The van der Waals surface area contributed by atoms with Crippen LogP contribution >= 0.6 is 0 Å². The zero-order valence-electron chi connectivity index (χ0n) is 9.37. The minimum Gasteiger partial charge on any atom is -0.392 e. The molecule has 1 rings (SSSR count). The normalized spacial score (nSPS) is 12.3. The molecule has 3 heteroatoms. The summed E-state index contributed by atoms with van der Waals surface area (Å²) >= 11 is 0. The van der Waals surface area contributed by atoms with Gasteiger partial charge in [-0.15, -0.1) is 0 Å². The second-order valence-electron chi connectivity index (χ2n) is 3.88. The number of aliphatic hydroxyl groups is 1. The van der Waals surface area contributed by atoms with Gasteiger partial charge in [0.05, 0.1) is 6.10 Å². The van der Waals surface area contributed by atoms with Gasteiger partial charge in [-0.3, -0.25) is 4.79 Å². The Kier molecular flexibility index (Phi) is 3.86. The molecule has 0 bridgehead atoms. The maximum Gasteiger partial charge on any atom is 0.251 e. The summed E-state index contributed by atoms with van der Waals surface area (Å²) < 4.78 is 0. The minimum absolute atomic E-state index is 0.131. The van der Waals surface area contributed by atoms with Crippen LogP contribution in [0.3, 0.4) is 0 Å². The van der Waals surface area contributed by atoms with Crippen molar-refractivity contribution in [1.82, 2.24) is 5.32 Å². The summed E-state index contributed by atoms with van der Waals surface area (Å²) in [5.41, 5.74) is 2.76. The van der Waals surface area contributed by atoms with Crippen molar-refractivity contribution in [3.63, 3.8) is 0 Å². The van der Waals surface area contributed by atoms with Gasteiger partial charge in [-0.1, -0.05) is 17.7 Å². The molecule has 0 saturated carbocycles. The molecule has 0 aliphatic carbocycles. The molecule has 82 valence electrons. The van der Waals surface area contributed by atoms with Gasteiger partial charge in [-0.05, 0) is 32.4 Å². The molecule has 3 nitrogen and oxygen atoms in total. The van der Waals surface area contributed by atoms with E-state index in [1.165, 1.54) is 0 Å². The number of benzene rings is 1. The van der Waals surface area contributed by atoms with E-state index >= 15 is 0 Å². The zero-order chi connectivity index (χ0) is 11.4. The average molecular weight is 207 g/mol. The highest BCUT2D eigenvalue weighted by Gasteiger charge is 2.08. The molecule has 0 heterocycles. The number of nitrogens with one attached hydrogen (secondary N) is 1. The van der Waals surface area contributed by atoms with Crippen LogP contribution in [0, 0.1) is 13.8 Å². The Balaban J connectivity index is 2.74. The van der Waals surface area contributed by atoms with Crippen molar-refractivity contribution in [1.29, 1.82) is 0 Å². The summed E-state index contributed by atoms with van der Waals surface area (Å²) in [5, 5.41) is 11.7. The van der Waals surface area contributed by atoms with Gasteiger partial charge < -0.3 is 10.4 Å². The topological polar surface area (TPSA) is 49.3 Å². The van der Waals surface area contributed by atoms with Gasteiger partial charge in [0.2, 0.25) is 0 Å². The van der Waals surface area contributed by atoms with E-state index in [0.717, 1.165) is 11.1 Å². The lowest BCUT2D eigenvalue weighted by molar-refractivity contribution is 0.0923. The molecular weight excluding hydrogens is 190 g/mol. The summed E-state index contributed by atoms with van der Waals surface area (Å²) in [6, 6.07) is 5.68. The Hall–Kier alpha value is -1.35. The first-order chi connectivity index (χ1) is 7.00. The molecule has 15 heavy (non-hydrogen) atoms. The molecule has 1 aromatic carbocycles. The molecule has 0 aliphatic rings. The van der Waals surface area contributed by atoms with Crippen molar-refractivity contribution in [2.45, 2.75) is 26.9 Å². The Morgan fingerprint density at radius 1 is 1.47 bits per heavy atom. The van der Waals surface area contributed by atoms with Gasteiger partial charge >= 0.3 is 0 Å². The van der Waals surface area contributed by atoms with Crippen LogP contribution in [0.1, 0.15) is 28.4 Å². The van der Waals surface area contributed by atoms with Crippen LogP contribution in [0.25, 0.3) is 0 Å². The SMILES string of the molecule is Cc1ccc(C(=O)NC[C@@H](C)O)c(C)c1. The van der Waals surface area contributed by atoms with Gasteiger partial charge in [0.1, 0.15) is 0 Å². The van der Waals surface area contributed by atoms with E-state index in [1.54, 1.807) is 6.92 Å². The quantitative estimate of drug-likeness (QED) is 0.787. The van der Waals surface area contributed by atoms with Crippen LogP contribution in [0.4, 0.5) is 0 Å². The number of carbonyl (C=O) groups is 1. The summed E-state index contributed by atoms with van der Waals surface area (Å²) in [5.74, 6) is -0.131. The van der Waals surface area contributed by atoms with Crippen molar-refractivity contribution >= 4 is 5.91 Å². The average Bonchev–Trinajstić information content (AvgIpc) is 2.14. The monoisotopic (exact) mass is 207 g/mol. The molecule has 0 spiro atoms. The van der Waals surface area contributed by atoms with E-state index < -0.39 is 6.10 Å². The van der Waals surface area contributed by atoms with Crippen LogP contribution in [0.5, 0.6) is 0 Å². The van der Waals surface area contributed by atoms with Crippen molar-refractivity contribution in [3.8, 4) is 0 Å². The van der Waals surface area contributed by atoms with Gasteiger partial charge in [0.25, 0.3) is 5.91 Å². The Morgan fingerprint density at radius 3 is 2.67 bits per heavy atom. The number of rotatable bonds is 3. The lowest BCUT2D eigenvalue weighted by Crippen LogP contribution is -2.30. The summed E-state index contributed by atoms with van der Waals surface area (Å²) in [4.78, 5) is 11.7. The highest BCUT2D eigenvalue weighted by Crippen LogP contribution is 2.10. The van der Waals surface area contributed by atoms with Crippen LogP contribution in [0.15, 0.2) is 18.2 Å². The third-order valence-electron chi connectivity index (χ3n) is 2.18. The van der Waals surface area contributed by atoms with E-state index in [9.17, 15) is 4.79 Å². The van der Waals surface area contributed by atoms with E-state index in [4.69, 9.17) is 5.11 Å². The molecule has 0 radical (unpaired) electrons.